The molecule has 8 heteroatoms. The second-order valence-electron chi connectivity index (χ2n) is 5.80. The van der Waals surface area contributed by atoms with Crippen molar-refractivity contribution in [2.75, 3.05) is 6.26 Å². The molecule has 0 radical (unpaired) electrons. The van der Waals surface area contributed by atoms with Crippen LogP contribution in [0.5, 0.6) is 5.75 Å². The fourth-order valence-corrected chi connectivity index (χ4v) is 3.27. The molecule has 0 saturated heterocycles. The Kier molecular flexibility index (Phi) is 6.28. The highest BCUT2D eigenvalue weighted by atomic mass is 32.2. The number of para-hydroxylation sites is 3. The molecule has 0 aliphatic carbocycles. The third-order valence-corrected chi connectivity index (χ3v) is 4.52. The number of alkyl halides is 2. The number of hydrogen-bond acceptors (Lipinski definition) is 4. The van der Waals surface area contributed by atoms with Crippen LogP contribution in [0.1, 0.15) is 11.4 Å². The number of amides is 1. The molecular weight excluding hydrogens is 372 g/mol. The number of carbonyl (C=O) groups is 1. The van der Waals surface area contributed by atoms with Crippen molar-refractivity contribution in [3.8, 4) is 5.75 Å². The van der Waals surface area contributed by atoms with Gasteiger partial charge < -0.3 is 14.6 Å². The van der Waals surface area contributed by atoms with E-state index in [0.717, 1.165) is 16.9 Å². The molecule has 142 valence electrons. The van der Waals surface area contributed by atoms with Crippen LogP contribution in [0.2, 0.25) is 0 Å². The van der Waals surface area contributed by atoms with Gasteiger partial charge in [0.1, 0.15) is 18.1 Å². The van der Waals surface area contributed by atoms with Crippen molar-refractivity contribution >= 4 is 28.7 Å². The lowest BCUT2D eigenvalue weighted by Crippen LogP contribution is -2.28. The van der Waals surface area contributed by atoms with Crippen LogP contribution in [0.3, 0.4) is 0 Å². The molecule has 1 aromatic heterocycles. The minimum Gasteiger partial charge on any atom is -0.434 e. The lowest BCUT2D eigenvalue weighted by atomic mass is 10.2. The number of nitrogens with zero attached hydrogens (tertiary/aromatic N) is 2. The molecule has 0 unspecified atom stereocenters. The van der Waals surface area contributed by atoms with Gasteiger partial charge in [-0.2, -0.15) is 20.5 Å². The summed E-state index contributed by atoms with van der Waals surface area (Å²) in [6.45, 7) is -2.70. The van der Waals surface area contributed by atoms with Gasteiger partial charge in [-0.25, -0.2) is 4.98 Å². The largest absolute Gasteiger partial charge is 0.434 e. The summed E-state index contributed by atoms with van der Waals surface area (Å²) in [4.78, 5) is 17.0. The van der Waals surface area contributed by atoms with Crippen LogP contribution in [-0.4, -0.2) is 28.3 Å². The second-order valence-corrected chi connectivity index (χ2v) is 6.66. The Labute approximate surface area is 159 Å². The van der Waals surface area contributed by atoms with E-state index in [1.54, 1.807) is 30.0 Å². The van der Waals surface area contributed by atoms with Crippen LogP contribution in [0.15, 0.2) is 48.5 Å². The minimum atomic E-state index is -2.91. The summed E-state index contributed by atoms with van der Waals surface area (Å²) in [5, 5.41) is 2.77. The zero-order chi connectivity index (χ0) is 19.2. The number of fused-ring (bicyclic) bond motifs is 1. The normalized spacial score (nSPS) is 11.1. The molecule has 0 saturated carbocycles. The molecule has 2 aromatic carbocycles. The molecule has 0 atom stereocenters. The van der Waals surface area contributed by atoms with Gasteiger partial charge in [-0.05, 0) is 24.5 Å². The fourth-order valence-electron chi connectivity index (χ4n) is 2.80. The number of thioether (sulfide) groups is 1. The first kappa shape index (κ1) is 19.2. The van der Waals surface area contributed by atoms with Gasteiger partial charge in [0.05, 0.1) is 16.8 Å². The fraction of sp³-hybridized carbons (Fsp3) is 0.263. The Morgan fingerprint density at radius 1 is 1.22 bits per heavy atom. The summed E-state index contributed by atoms with van der Waals surface area (Å²) >= 11 is 1.63. The Bertz CT molecular complexity index is 930. The van der Waals surface area contributed by atoms with Gasteiger partial charge >= 0.3 is 6.61 Å². The molecule has 0 spiro atoms. The first-order valence-corrected chi connectivity index (χ1v) is 9.70. The SMILES string of the molecule is CSCc1nc2ccccc2n1CC(=O)NCc1ccccc1OC(F)F. The predicted octanol–water partition coefficient (Wildman–Crippen LogP) is 3.82. The average Bonchev–Trinajstić information content (AvgIpc) is 2.98. The third kappa shape index (κ3) is 4.77. The first-order valence-electron chi connectivity index (χ1n) is 8.31. The van der Waals surface area contributed by atoms with Gasteiger partial charge in [0, 0.05) is 12.1 Å². The molecule has 1 amide bonds. The van der Waals surface area contributed by atoms with E-state index < -0.39 is 6.61 Å². The quantitative estimate of drug-likeness (QED) is 0.634. The zero-order valence-corrected chi connectivity index (χ0v) is 15.5. The zero-order valence-electron chi connectivity index (χ0n) is 14.7. The van der Waals surface area contributed by atoms with Gasteiger partial charge in [0.2, 0.25) is 5.91 Å². The number of rotatable bonds is 8. The molecule has 0 fully saturated rings. The van der Waals surface area contributed by atoms with E-state index in [1.165, 1.54) is 6.07 Å². The molecular formula is C19H19F2N3O2S. The van der Waals surface area contributed by atoms with E-state index in [2.05, 4.69) is 15.0 Å². The van der Waals surface area contributed by atoms with E-state index in [9.17, 15) is 13.6 Å². The van der Waals surface area contributed by atoms with Crippen molar-refractivity contribution in [2.45, 2.75) is 25.5 Å². The van der Waals surface area contributed by atoms with E-state index >= 15 is 0 Å². The van der Waals surface area contributed by atoms with Gasteiger partial charge in [-0.3, -0.25) is 4.79 Å². The number of nitrogens with one attached hydrogen (secondary N) is 1. The summed E-state index contributed by atoms with van der Waals surface area (Å²) in [5.74, 6) is 1.34. The highest BCUT2D eigenvalue weighted by Gasteiger charge is 2.14. The third-order valence-electron chi connectivity index (χ3n) is 3.97. The molecule has 27 heavy (non-hydrogen) atoms. The van der Waals surface area contributed by atoms with Crippen LogP contribution in [0.25, 0.3) is 11.0 Å². The molecule has 0 aliphatic heterocycles. The summed E-state index contributed by atoms with van der Waals surface area (Å²) in [7, 11) is 0. The summed E-state index contributed by atoms with van der Waals surface area (Å²) in [6, 6.07) is 14.0. The Hall–Kier alpha value is -2.61. The maximum Gasteiger partial charge on any atom is 0.387 e. The number of hydrogen-bond donors (Lipinski definition) is 1. The maximum atomic E-state index is 12.5. The smallest absolute Gasteiger partial charge is 0.387 e. The molecule has 0 aliphatic rings. The second kappa shape index (κ2) is 8.85. The topological polar surface area (TPSA) is 56.2 Å². The van der Waals surface area contributed by atoms with Crippen molar-refractivity contribution in [1.29, 1.82) is 0 Å². The highest BCUT2D eigenvalue weighted by Crippen LogP contribution is 2.21. The van der Waals surface area contributed by atoms with Crippen LogP contribution in [-0.2, 0) is 23.6 Å². The van der Waals surface area contributed by atoms with Crippen molar-refractivity contribution in [3.63, 3.8) is 0 Å². The lowest BCUT2D eigenvalue weighted by molar-refractivity contribution is -0.121. The van der Waals surface area contributed by atoms with Crippen LogP contribution >= 0.6 is 11.8 Å². The van der Waals surface area contributed by atoms with Crippen molar-refractivity contribution in [1.82, 2.24) is 14.9 Å². The van der Waals surface area contributed by atoms with Crippen LogP contribution < -0.4 is 10.1 Å². The molecule has 3 rings (SSSR count). The van der Waals surface area contributed by atoms with Crippen molar-refractivity contribution in [3.05, 3.63) is 59.9 Å². The lowest BCUT2D eigenvalue weighted by Gasteiger charge is -2.12. The van der Waals surface area contributed by atoms with Crippen molar-refractivity contribution in [2.24, 2.45) is 0 Å². The summed E-state index contributed by atoms with van der Waals surface area (Å²) in [5.41, 5.74) is 2.22. The van der Waals surface area contributed by atoms with E-state index in [-0.39, 0.29) is 24.7 Å². The van der Waals surface area contributed by atoms with E-state index in [0.29, 0.717) is 11.3 Å². The molecule has 1 N–H and O–H groups in total. The number of halogens is 2. The molecule has 5 nitrogen and oxygen atoms in total. The van der Waals surface area contributed by atoms with Gasteiger partial charge in [-0.1, -0.05) is 30.3 Å². The maximum absolute atomic E-state index is 12.5. The monoisotopic (exact) mass is 391 g/mol. The van der Waals surface area contributed by atoms with E-state index in [4.69, 9.17) is 0 Å². The Morgan fingerprint density at radius 2 is 1.96 bits per heavy atom. The summed E-state index contributed by atoms with van der Waals surface area (Å²) < 4.78 is 31.4. The minimum absolute atomic E-state index is 0.0592. The highest BCUT2D eigenvalue weighted by molar-refractivity contribution is 7.97. The molecule has 0 bridgehead atoms. The number of aromatic nitrogens is 2. The van der Waals surface area contributed by atoms with Crippen LogP contribution in [0, 0.1) is 0 Å². The summed E-state index contributed by atoms with van der Waals surface area (Å²) in [6.07, 6.45) is 1.98. The van der Waals surface area contributed by atoms with E-state index in [1.807, 2.05) is 35.1 Å². The van der Waals surface area contributed by atoms with Gasteiger partial charge in [-0.15, -0.1) is 0 Å². The average molecular weight is 391 g/mol. The van der Waals surface area contributed by atoms with Gasteiger partial charge in [0.15, 0.2) is 0 Å². The number of ether oxygens (including phenoxy) is 1. The number of benzene rings is 2. The Balaban J connectivity index is 1.72. The standard InChI is InChI=1S/C19H19F2N3O2S/c1-27-12-17-23-14-7-3-4-8-15(14)24(17)11-18(25)22-10-13-6-2-5-9-16(13)26-19(20)21/h2-9,19H,10-12H2,1H3,(H,22,25). The first-order chi connectivity index (χ1) is 13.1. The molecule has 3 aromatic rings. The van der Waals surface area contributed by atoms with Crippen molar-refractivity contribution < 1.29 is 18.3 Å². The predicted molar refractivity (Wildman–Crippen MR) is 102 cm³/mol. The Morgan fingerprint density at radius 3 is 2.74 bits per heavy atom. The molecule has 1 heterocycles. The van der Waals surface area contributed by atoms with Crippen LogP contribution in [0.4, 0.5) is 8.78 Å². The number of carbonyl (C=O) groups excluding carboxylic acids is 1. The number of imidazole rings is 1. The van der Waals surface area contributed by atoms with Gasteiger partial charge in [0.25, 0.3) is 0 Å².